The number of ether oxygens (including phenoxy) is 1. The van der Waals surface area contributed by atoms with Gasteiger partial charge in [-0.25, -0.2) is 0 Å². The summed E-state index contributed by atoms with van der Waals surface area (Å²) in [6, 6.07) is 1.18. The predicted octanol–water partition coefficient (Wildman–Crippen LogP) is 1.08. The van der Waals surface area contributed by atoms with E-state index in [4.69, 9.17) is 10.5 Å². The number of nitrogens with one attached hydrogen (secondary N) is 1. The average Bonchev–Trinajstić information content (AvgIpc) is 3.17. The highest BCUT2D eigenvalue weighted by molar-refractivity contribution is 5.85. The molecule has 3 rings (SSSR count). The molecule has 124 valence electrons. The van der Waals surface area contributed by atoms with E-state index >= 15 is 0 Å². The van der Waals surface area contributed by atoms with Crippen molar-refractivity contribution in [2.24, 2.45) is 5.73 Å². The Bertz CT molecular complexity index is 334. The third kappa shape index (κ3) is 4.96. The van der Waals surface area contributed by atoms with Crippen molar-refractivity contribution in [2.75, 3.05) is 19.6 Å². The second-order valence-corrected chi connectivity index (χ2v) is 6.11. The maximum Gasteiger partial charge on any atom is 0.249 e. The van der Waals surface area contributed by atoms with Gasteiger partial charge in [-0.05, 0) is 38.5 Å². The summed E-state index contributed by atoms with van der Waals surface area (Å²) >= 11 is 0. The normalized spacial score (nSPS) is 30.3. The van der Waals surface area contributed by atoms with E-state index in [9.17, 15) is 4.79 Å². The van der Waals surface area contributed by atoms with Crippen LogP contribution in [0.4, 0.5) is 0 Å². The van der Waals surface area contributed by atoms with Crippen LogP contribution in [0.2, 0.25) is 0 Å². The highest BCUT2D eigenvalue weighted by Gasteiger charge is 2.34. The van der Waals surface area contributed by atoms with Crippen LogP contribution in [0.25, 0.3) is 0 Å². The number of hydrogen-bond donors (Lipinski definition) is 2. The first-order chi connectivity index (χ1) is 9.26. The van der Waals surface area contributed by atoms with E-state index in [1.54, 1.807) is 0 Å². The Balaban J connectivity index is 0.00000110. The monoisotopic (exact) mass is 339 g/mol. The molecule has 3 aliphatic rings. The van der Waals surface area contributed by atoms with Gasteiger partial charge in [0.05, 0.1) is 6.10 Å². The van der Waals surface area contributed by atoms with Crippen LogP contribution in [0.3, 0.4) is 0 Å². The minimum atomic E-state index is -0.269. The van der Waals surface area contributed by atoms with Crippen molar-refractivity contribution in [3.8, 4) is 0 Å². The van der Waals surface area contributed by atoms with Crippen molar-refractivity contribution in [3.05, 3.63) is 0 Å². The molecule has 2 aliphatic heterocycles. The molecule has 7 heteroatoms. The first-order valence-electron chi connectivity index (χ1n) is 7.66. The predicted molar refractivity (Wildman–Crippen MR) is 87.2 cm³/mol. The first kappa shape index (κ1) is 19.0. The molecular weight excluding hydrogens is 313 g/mol. The van der Waals surface area contributed by atoms with Gasteiger partial charge < -0.3 is 20.7 Å². The quantitative estimate of drug-likeness (QED) is 0.804. The van der Waals surface area contributed by atoms with Gasteiger partial charge in [0.1, 0.15) is 6.10 Å². The highest BCUT2D eigenvalue weighted by atomic mass is 35.5. The van der Waals surface area contributed by atoms with Crippen molar-refractivity contribution >= 4 is 30.7 Å². The number of amides is 1. The van der Waals surface area contributed by atoms with Gasteiger partial charge in [-0.3, -0.25) is 4.79 Å². The van der Waals surface area contributed by atoms with Crippen LogP contribution in [0.5, 0.6) is 0 Å². The first-order valence-corrected chi connectivity index (χ1v) is 7.66. The van der Waals surface area contributed by atoms with Crippen LogP contribution in [0.15, 0.2) is 0 Å². The van der Waals surface area contributed by atoms with Gasteiger partial charge >= 0.3 is 0 Å². The summed E-state index contributed by atoms with van der Waals surface area (Å²) < 4.78 is 5.64. The van der Waals surface area contributed by atoms with Gasteiger partial charge in [-0.1, -0.05) is 0 Å². The number of carbonyl (C=O) groups is 1. The summed E-state index contributed by atoms with van der Waals surface area (Å²) in [7, 11) is 0. The SMILES string of the molecule is Cl.Cl.NC[C@H]1CC[C@@H](C(=O)NC2CCN(C3CC3)CC2)O1. The van der Waals surface area contributed by atoms with Crippen LogP contribution < -0.4 is 11.1 Å². The summed E-state index contributed by atoms with van der Waals surface area (Å²) in [4.78, 5) is 14.7. The Kier molecular flexibility index (Phi) is 7.71. The highest BCUT2D eigenvalue weighted by Crippen LogP contribution is 2.29. The van der Waals surface area contributed by atoms with E-state index < -0.39 is 0 Å². The minimum absolute atomic E-state index is 0. The molecule has 21 heavy (non-hydrogen) atoms. The lowest BCUT2D eigenvalue weighted by Gasteiger charge is -2.32. The largest absolute Gasteiger partial charge is 0.364 e. The molecule has 2 atom stereocenters. The maximum atomic E-state index is 12.1. The Hall–Kier alpha value is -0.0700. The zero-order valence-electron chi connectivity index (χ0n) is 12.3. The molecule has 5 nitrogen and oxygen atoms in total. The zero-order chi connectivity index (χ0) is 13.2. The maximum absolute atomic E-state index is 12.1. The Labute approximate surface area is 139 Å². The third-order valence-corrected chi connectivity index (χ3v) is 4.60. The number of piperidine rings is 1. The third-order valence-electron chi connectivity index (χ3n) is 4.60. The van der Waals surface area contributed by atoms with Gasteiger partial charge in [-0.2, -0.15) is 0 Å². The van der Waals surface area contributed by atoms with Crippen molar-refractivity contribution in [3.63, 3.8) is 0 Å². The standard InChI is InChI=1S/C14H25N3O2.2ClH/c15-9-12-3-4-13(19-12)14(18)16-10-5-7-17(8-6-10)11-1-2-11;;/h10-13H,1-9,15H2,(H,16,18);2*1H/t12-,13+;;/m1../s1. The number of rotatable bonds is 4. The number of nitrogens with two attached hydrogens (primary N) is 1. The molecule has 0 bridgehead atoms. The fourth-order valence-corrected chi connectivity index (χ4v) is 3.21. The molecule has 3 N–H and O–H groups in total. The van der Waals surface area contributed by atoms with Crippen molar-refractivity contribution in [2.45, 2.75) is 62.8 Å². The van der Waals surface area contributed by atoms with E-state index in [0.717, 1.165) is 44.8 Å². The van der Waals surface area contributed by atoms with Gasteiger partial charge in [0, 0.05) is 31.7 Å². The van der Waals surface area contributed by atoms with Crippen LogP contribution in [0.1, 0.15) is 38.5 Å². The van der Waals surface area contributed by atoms with Crippen LogP contribution >= 0.6 is 24.8 Å². The average molecular weight is 340 g/mol. The van der Waals surface area contributed by atoms with E-state index in [2.05, 4.69) is 10.2 Å². The summed E-state index contributed by atoms with van der Waals surface area (Å²) in [6.07, 6.45) is 6.43. The zero-order valence-corrected chi connectivity index (χ0v) is 14.0. The fraction of sp³-hybridized carbons (Fsp3) is 0.929. The van der Waals surface area contributed by atoms with Crippen molar-refractivity contribution in [1.82, 2.24) is 10.2 Å². The van der Waals surface area contributed by atoms with Gasteiger partial charge in [0.15, 0.2) is 0 Å². The number of carbonyl (C=O) groups excluding carboxylic acids is 1. The van der Waals surface area contributed by atoms with E-state index in [1.165, 1.54) is 12.8 Å². The molecule has 0 spiro atoms. The Morgan fingerprint density at radius 1 is 1.10 bits per heavy atom. The molecular formula is C14H27Cl2N3O2. The molecule has 0 aromatic heterocycles. The molecule has 0 radical (unpaired) electrons. The molecule has 0 aromatic rings. The number of halogens is 2. The summed E-state index contributed by atoms with van der Waals surface area (Å²) in [6.45, 7) is 2.78. The molecule has 1 amide bonds. The lowest BCUT2D eigenvalue weighted by Crippen LogP contribution is -2.48. The van der Waals surface area contributed by atoms with Gasteiger partial charge in [-0.15, -0.1) is 24.8 Å². The smallest absolute Gasteiger partial charge is 0.249 e. The van der Waals surface area contributed by atoms with E-state index in [1.807, 2.05) is 0 Å². The molecule has 0 unspecified atom stereocenters. The molecule has 2 heterocycles. The lowest BCUT2D eigenvalue weighted by atomic mass is 10.0. The second-order valence-electron chi connectivity index (χ2n) is 6.11. The van der Waals surface area contributed by atoms with Crippen LogP contribution in [0, 0.1) is 0 Å². The van der Waals surface area contributed by atoms with Crippen LogP contribution in [-0.4, -0.2) is 54.7 Å². The van der Waals surface area contributed by atoms with Crippen LogP contribution in [-0.2, 0) is 9.53 Å². The summed E-state index contributed by atoms with van der Waals surface area (Å²) in [5.41, 5.74) is 5.57. The number of likely N-dealkylation sites (tertiary alicyclic amines) is 1. The fourth-order valence-electron chi connectivity index (χ4n) is 3.21. The molecule has 1 saturated carbocycles. The molecule has 3 fully saturated rings. The minimum Gasteiger partial charge on any atom is -0.364 e. The number of hydrogen-bond acceptors (Lipinski definition) is 4. The summed E-state index contributed by atoms with van der Waals surface area (Å²) in [5, 5.41) is 3.15. The molecule has 2 saturated heterocycles. The lowest BCUT2D eigenvalue weighted by molar-refractivity contribution is -0.132. The van der Waals surface area contributed by atoms with Gasteiger partial charge in [0.2, 0.25) is 5.91 Å². The van der Waals surface area contributed by atoms with E-state index in [-0.39, 0.29) is 42.9 Å². The van der Waals surface area contributed by atoms with Crippen molar-refractivity contribution in [1.29, 1.82) is 0 Å². The molecule has 1 aliphatic carbocycles. The number of nitrogens with zero attached hydrogens (tertiary/aromatic N) is 1. The van der Waals surface area contributed by atoms with Crippen molar-refractivity contribution < 1.29 is 9.53 Å². The second kappa shape index (κ2) is 8.53. The Morgan fingerprint density at radius 2 is 1.76 bits per heavy atom. The topological polar surface area (TPSA) is 67.6 Å². The summed E-state index contributed by atoms with van der Waals surface area (Å²) in [5.74, 6) is 0.0702. The van der Waals surface area contributed by atoms with E-state index in [0.29, 0.717) is 12.6 Å². The Morgan fingerprint density at radius 3 is 2.29 bits per heavy atom. The molecule has 0 aromatic carbocycles. The van der Waals surface area contributed by atoms with Gasteiger partial charge in [0.25, 0.3) is 0 Å².